The lowest BCUT2D eigenvalue weighted by atomic mass is 9.87. The number of aryl methyl sites for hydroxylation is 1. The molecule has 2 aromatic rings. The Morgan fingerprint density at radius 2 is 1.62 bits per heavy atom. The second kappa shape index (κ2) is 8.00. The minimum atomic E-state index is -3.63. The molecule has 0 amide bonds. The summed E-state index contributed by atoms with van der Waals surface area (Å²) in [5.41, 5.74) is 4.53. The number of piperazine rings is 1. The molecule has 1 saturated heterocycles. The zero-order valence-electron chi connectivity index (χ0n) is 18.3. The Morgan fingerprint density at radius 1 is 0.966 bits per heavy atom. The molecule has 0 radical (unpaired) electrons. The van der Waals surface area contributed by atoms with E-state index in [0.717, 1.165) is 5.56 Å². The van der Waals surface area contributed by atoms with Gasteiger partial charge < -0.3 is 9.64 Å². The van der Waals surface area contributed by atoms with Gasteiger partial charge in [0.2, 0.25) is 10.0 Å². The molecule has 0 spiro atoms. The van der Waals surface area contributed by atoms with Crippen molar-refractivity contribution >= 4 is 15.7 Å². The maximum absolute atomic E-state index is 13.4. The van der Waals surface area contributed by atoms with E-state index in [1.807, 2.05) is 6.07 Å². The van der Waals surface area contributed by atoms with E-state index in [1.165, 1.54) is 23.9 Å². The molecule has 0 bridgehead atoms. The van der Waals surface area contributed by atoms with Gasteiger partial charge in [0.15, 0.2) is 0 Å². The summed E-state index contributed by atoms with van der Waals surface area (Å²) in [6.07, 6.45) is 0. The third-order valence-corrected chi connectivity index (χ3v) is 7.72. The van der Waals surface area contributed by atoms with Gasteiger partial charge in [0.05, 0.1) is 7.11 Å². The Morgan fingerprint density at radius 3 is 2.21 bits per heavy atom. The van der Waals surface area contributed by atoms with Gasteiger partial charge in [-0.15, -0.1) is 0 Å². The summed E-state index contributed by atoms with van der Waals surface area (Å²) in [5, 5.41) is 0. The first-order chi connectivity index (χ1) is 13.6. The zero-order chi connectivity index (χ0) is 21.4. The second-order valence-corrected chi connectivity index (χ2v) is 10.6. The highest BCUT2D eigenvalue weighted by Gasteiger charge is 2.32. The fraction of sp³-hybridized carbons (Fsp3) is 0.478. The van der Waals surface area contributed by atoms with Gasteiger partial charge in [0.25, 0.3) is 0 Å². The van der Waals surface area contributed by atoms with Gasteiger partial charge in [-0.3, -0.25) is 0 Å². The zero-order valence-corrected chi connectivity index (χ0v) is 19.1. The number of hydrogen-bond acceptors (Lipinski definition) is 4. The molecule has 1 heterocycles. The first-order valence-corrected chi connectivity index (χ1v) is 11.5. The number of nitrogens with zero attached hydrogens (tertiary/aromatic N) is 2. The fourth-order valence-corrected chi connectivity index (χ4v) is 5.34. The molecule has 158 valence electrons. The number of ether oxygens (including phenoxy) is 1. The van der Waals surface area contributed by atoms with Crippen molar-refractivity contribution in [3.05, 3.63) is 53.1 Å². The summed E-state index contributed by atoms with van der Waals surface area (Å²) in [6, 6.07) is 11.8. The highest BCUT2D eigenvalue weighted by Crippen LogP contribution is 2.33. The Labute approximate surface area is 175 Å². The Kier molecular flexibility index (Phi) is 5.97. The van der Waals surface area contributed by atoms with Crippen molar-refractivity contribution in [2.24, 2.45) is 0 Å². The van der Waals surface area contributed by atoms with Gasteiger partial charge in [-0.05, 0) is 54.2 Å². The van der Waals surface area contributed by atoms with Gasteiger partial charge in [-0.25, -0.2) is 8.42 Å². The fourth-order valence-electron chi connectivity index (χ4n) is 3.73. The summed E-state index contributed by atoms with van der Waals surface area (Å²) in [5.74, 6) is 0.398. The van der Waals surface area contributed by atoms with Crippen molar-refractivity contribution in [1.29, 1.82) is 0 Å². The molecule has 1 aliphatic rings. The average molecular weight is 417 g/mol. The minimum Gasteiger partial charge on any atom is -0.495 e. The first kappa shape index (κ1) is 21.7. The molecule has 2 aromatic carbocycles. The monoisotopic (exact) mass is 416 g/mol. The number of hydrogen-bond donors (Lipinski definition) is 0. The van der Waals surface area contributed by atoms with Gasteiger partial charge in [-0.1, -0.05) is 39.0 Å². The Bertz CT molecular complexity index is 986. The molecule has 0 saturated carbocycles. The smallest absolute Gasteiger partial charge is 0.246 e. The van der Waals surface area contributed by atoms with Crippen LogP contribution in [0.1, 0.15) is 37.5 Å². The van der Waals surface area contributed by atoms with Crippen LogP contribution in [0, 0.1) is 13.8 Å². The molecule has 1 fully saturated rings. The minimum absolute atomic E-state index is 0.141. The quantitative estimate of drug-likeness (QED) is 0.752. The molecule has 0 aliphatic carbocycles. The van der Waals surface area contributed by atoms with Crippen molar-refractivity contribution < 1.29 is 13.2 Å². The number of benzene rings is 2. The lowest BCUT2D eigenvalue weighted by molar-refractivity contribution is 0.373. The van der Waals surface area contributed by atoms with Crippen molar-refractivity contribution in [2.45, 2.75) is 44.9 Å². The Hall–Kier alpha value is -2.05. The van der Waals surface area contributed by atoms with E-state index in [2.05, 4.69) is 57.7 Å². The van der Waals surface area contributed by atoms with Crippen LogP contribution in [0.25, 0.3) is 0 Å². The van der Waals surface area contributed by atoms with Crippen LogP contribution in [-0.2, 0) is 15.4 Å². The second-order valence-electron chi connectivity index (χ2n) is 8.73. The Balaban J connectivity index is 1.86. The largest absolute Gasteiger partial charge is 0.495 e. The lowest BCUT2D eigenvalue weighted by Gasteiger charge is -2.36. The standard InChI is InChI=1S/C23H32N2O3S/c1-17-8-7-9-20(18(17)2)24-12-14-25(15-13-24)29(26,27)22-16-19(23(3,4)5)10-11-21(22)28-6/h7-11,16H,12-15H2,1-6H3. The van der Waals surface area contributed by atoms with E-state index in [9.17, 15) is 8.42 Å². The molecular formula is C23H32N2O3S. The van der Waals surface area contributed by atoms with Gasteiger partial charge >= 0.3 is 0 Å². The topological polar surface area (TPSA) is 49.9 Å². The predicted octanol–water partition coefficient (Wildman–Crippen LogP) is 4.12. The van der Waals surface area contributed by atoms with Crippen LogP contribution in [0.15, 0.2) is 41.3 Å². The molecule has 1 aliphatic heterocycles. The molecule has 0 aromatic heterocycles. The number of anilines is 1. The summed E-state index contributed by atoms with van der Waals surface area (Å²) < 4.78 is 33.9. The van der Waals surface area contributed by atoms with Crippen LogP contribution >= 0.6 is 0 Å². The lowest BCUT2D eigenvalue weighted by Crippen LogP contribution is -2.49. The molecule has 0 unspecified atom stereocenters. The molecule has 3 rings (SSSR count). The molecule has 5 nitrogen and oxygen atoms in total. The van der Waals surface area contributed by atoms with E-state index in [-0.39, 0.29) is 10.3 Å². The van der Waals surface area contributed by atoms with Crippen LogP contribution in [0.5, 0.6) is 5.75 Å². The van der Waals surface area contributed by atoms with Crippen molar-refractivity contribution in [2.75, 3.05) is 38.2 Å². The first-order valence-electron chi connectivity index (χ1n) is 10.1. The van der Waals surface area contributed by atoms with Crippen LogP contribution < -0.4 is 9.64 Å². The SMILES string of the molecule is COc1ccc(C(C)(C)C)cc1S(=O)(=O)N1CCN(c2cccc(C)c2C)CC1. The van der Waals surface area contributed by atoms with Crippen LogP contribution in [0.2, 0.25) is 0 Å². The third-order valence-electron chi connectivity index (χ3n) is 5.80. The van der Waals surface area contributed by atoms with E-state index in [0.29, 0.717) is 31.9 Å². The highest BCUT2D eigenvalue weighted by atomic mass is 32.2. The summed E-state index contributed by atoms with van der Waals surface area (Å²) in [6.45, 7) is 12.7. The highest BCUT2D eigenvalue weighted by molar-refractivity contribution is 7.89. The number of rotatable bonds is 4. The molecular weight excluding hydrogens is 384 g/mol. The maximum Gasteiger partial charge on any atom is 0.246 e. The number of sulfonamides is 1. The third kappa shape index (κ3) is 4.28. The van der Waals surface area contributed by atoms with Crippen LogP contribution in [-0.4, -0.2) is 46.0 Å². The van der Waals surface area contributed by atoms with Crippen molar-refractivity contribution in [3.8, 4) is 5.75 Å². The van der Waals surface area contributed by atoms with Gasteiger partial charge in [-0.2, -0.15) is 4.31 Å². The van der Waals surface area contributed by atoms with Gasteiger partial charge in [0.1, 0.15) is 10.6 Å². The average Bonchev–Trinajstić information content (AvgIpc) is 2.69. The van der Waals surface area contributed by atoms with Gasteiger partial charge in [0, 0.05) is 31.9 Å². The van der Waals surface area contributed by atoms with Crippen molar-refractivity contribution in [1.82, 2.24) is 4.31 Å². The van der Waals surface area contributed by atoms with E-state index in [1.54, 1.807) is 16.4 Å². The maximum atomic E-state index is 13.4. The summed E-state index contributed by atoms with van der Waals surface area (Å²) in [7, 11) is -2.11. The van der Waals surface area contributed by atoms with E-state index >= 15 is 0 Å². The molecule has 0 atom stereocenters. The van der Waals surface area contributed by atoms with Crippen LogP contribution in [0.4, 0.5) is 5.69 Å². The van der Waals surface area contributed by atoms with E-state index < -0.39 is 10.0 Å². The van der Waals surface area contributed by atoms with Crippen LogP contribution in [0.3, 0.4) is 0 Å². The normalized spacial score (nSPS) is 16.1. The molecule has 0 N–H and O–H groups in total. The van der Waals surface area contributed by atoms with Crippen molar-refractivity contribution in [3.63, 3.8) is 0 Å². The molecule has 6 heteroatoms. The summed E-state index contributed by atoms with van der Waals surface area (Å²) in [4.78, 5) is 2.53. The summed E-state index contributed by atoms with van der Waals surface area (Å²) >= 11 is 0. The van der Waals surface area contributed by atoms with E-state index in [4.69, 9.17) is 4.74 Å². The molecule has 29 heavy (non-hydrogen) atoms. The number of methoxy groups -OCH3 is 1. The predicted molar refractivity (Wildman–Crippen MR) is 119 cm³/mol.